The van der Waals surface area contributed by atoms with Crippen LogP contribution in [0.3, 0.4) is 0 Å². The predicted octanol–water partition coefficient (Wildman–Crippen LogP) is 6.04. The molecular weight excluding hydrogens is 807 g/mol. The molecule has 14 heteroatoms. The molecule has 0 spiro atoms. The molecule has 0 aromatic carbocycles. The molecule has 9 atom stereocenters. The highest BCUT2D eigenvalue weighted by Crippen LogP contribution is 2.21. The van der Waals surface area contributed by atoms with Crippen LogP contribution in [0.15, 0.2) is 42.0 Å². The number of rotatable bonds is 41. The van der Waals surface area contributed by atoms with Crippen LogP contribution in [0, 0.1) is 5.92 Å². The van der Waals surface area contributed by atoms with E-state index in [2.05, 4.69) is 78.1 Å². The lowest BCUT2D eigenvalue weighted by Gasteiger charge is -2.25. The molecule has 3 saturated heterocycles. The van der Waals surface area contributed by atoms with Gasteiger partial charge in [-0.05, 0) is 104 Å². The number of nitrogens with zero attached hydrogens (tertiary/aromatic N) is 6. The minimum Gasteiger partial charge on any atom is -0.410 e. The minimum atomic E-state index is -0.305. The van der Waals surface area contributed by atoms with Crippen LogP contribution >= 0.6 is 0 Å². The van der Waals surface area contributed by atoms with E-state index in [-0.39, 0.29) is 18.1 Å². The van der Waals surface area contributed by atoms with Crippen LogP contribution in [0.25, 0.3) is 0 Å². The Morgan fingerprint density at radius 2 is 1.14 bits per heavy atom. The Hall–Kier alpha value is -3.17. The van der Waals surface area contributed by atoms with Crippen LogP contribution in [0.4, 0.5) is 0 Å². The standard InChI is InChI=1S/C50H93N9O5/c1-40(33-57-34-43(57)4)21-26-49(63)53-29-17-11-13-19-31-55(8)46(7)64-50(54-30-18-10-9-15-27-51-41(2)22-24-47(61)37-58-35-44(58)5)56(39-60)32-20-14-12-16-28-52-42(3)23-25-48(62)38-59-36-45(59)6/h39-40,43-45,47-48,51-52,61-62H,2-3,7,9-38H2,1,4-6,8H3,(H,53,63)/b54-50+. The summed E-state index contributed by atoms with van der Waals surface area (Å²) in [5, 5.41) is 30.5. The van der Waals surface area contributed by atoms with Gasteiger partial charge in [-0.1, -0.05) is 58.6 Å². The van der Waals surface area contributed by atoms with Crippen molar-refractivity contribution in [2.45, 2.75) is 174 Å². The smallest absolute Gasteiger partial charge is 0.300 e. The van der Waals surface area contributed by atoms with Gasteiger partial charge in [-0.15, -0.1) is 0 Å². The number of aliphatic imine (C=N–C) groups is 1. The van der Waals surface area contributed by atoms with Gasteiger partial charge in [0.15, 0.2) is 5.88 Å². The van der Waals surface area contributed by atoms with Gasteiger partial charge in [0.05, 0.1) is 12.2 Å². The molecule has 14 nitrogen and oxygen atoms in total. The van der Waals surface area contributed by atoms with Crippen molar-refractivity contribution in [3.05, 3.63) is 37.0 Å². The molecule has 0 aromatic heterocycles. The first-order valence-electron chi connectivity index (χ1n) is 25.3. The molecule has 0 aromatic rings. The van der Waals surface area contributed by atoms with Gasteiger partial charge < -0.3 is 35.8 Å². The number of carbonyl (C=O) groups is 2. The molecule has 5 N–H and O–H groups in total. The molecule has 64 heavy (non-hydrogen) atoms. The summed E-state index contributed by atoms with van der Waals surface area (Å²) in [5.74, 6) is 1.18. The van der Waals surface area contributed by atoms with Crippen molar-refractivity contribution in [3.8, 4) is 0 Å². The number of amidine groups is 1. The maximum Gasteiger partial charge on any atom is 0.300 e. The topological polar surface area (TPSA) is 148 Å². The third kappa shape index (κ3) is 26.1. The lowest BCUT2D eigenvalue weighted by atomic mass is 10.1. The molecule has 368 valence electrons. The van der Waals surface area contributed by atoms with Gasteiger partial charge in [0.1, 0.15) is 0 Å². The first-order valence-corrected chi connectivity index (χ1v) is 25.3. The van der Waals surface area contributed by atoms with E-state index < -0.39 is 0 Å². The van der Waals surface area contributed by atoms with Crippen LogP contribution in [0.2, 0.25) is 0 Å². The number of ether oxygens (including phenoxy) is 1. The molecule has 3 aliphatic heterocycles. The van der Waals surface area contributed by atoms with Crippen LogP contribution in [-0.4, -0.2) is 169 Å². The molecule has 3 rings (SSSR count). The van der Waals surface area contributed by atoms with Gasteiger partial charge in [-0.3, -0.25) is 29.2 Å². The largest absolute Gasteiger partial charge is 0.410 e. The van der Waals surface area contributed by atoms with Gasteiger partial charge in [0, 0.05) is 122 Å². The summed E-state index contributed by atoms with van der Waals surface area (Å²) >= 11 is 0. The van der Waals surface area contributed by atoms with Gasteiger partial charge in [-0.25, -0.2) is 4.99 Å². The Bertz CT molecular complexity index is 1400. The summed E-state index contributed by atoms with van der Waals surface area (Å²) in [4.78, 5) is 40.1. The van der Waals surface area contributed by atoms with Crippen molar-refractivity contribution < 1.29 is 24.5 Å². The first-order chi connectivity index (χ1) is 30.7. The Balaban J connectivity index is 1.32. The lowest BCUT2D eigenvalue weighted by molar-refractivity contribution is -0.121. The number of allylic oxidation sites excluding steroid dienone is 2. The maximum absolute atomic E-state index is 12.4. The fourth-order valence-electron chi connectivity index (χ4n) is 7.97. The number of unbranched alkanes of at least 4 members (excludes halogenated alkanes) is 9. The highest BCUT2D eigenvalue weighted by Gasteiger charge is 2.31. The predicted molar refractivity (Wildman–Crippen MR) is 263 cm³/mol. The summed E-state index contributed by atoms with van der Waals surface area (Å²) in [6, 6.07) is 2.23. The van der Waals surface area contributed by atoms with Crippen molar-refractivity contribution in [3.63, 3.8) is 0 Å². The third-order valence-electron chi connectivity index (χ3n) is 13.0. The quantitative estimate of drug-likeness (QED) is 0.0122. The number of nitrogens with one attached hydrogen (secondary N) is 3. The number of β-amino-alcohol motifs (C(OH)–C–C–N with tert-alkyl or cyclic N) is 2. The number of hydrogen-bond acceptors (Lipinski definition) is 12. The molecule has 3 heterocycles. The van der Waals surface area contributed by atoms with Crippen LogP contribution in [-0.2, 0) is 14.3 Å². The molecule has 0 saturated carbocycles. The van der Waals surface area contributed by atoms with E-state index in [1.807, 2.05) is 11.9 Å². The van der Waals surface area contributed by atoms with Gasteiger partial charge >= 0.3 is 6.02 Å². The average Bonchev–Trinajstić information content (AvgIpc) is 4.23. The second-order valence-electron chi connectivity index (χ2n) is 19.5. The molecule has 0 aliphatic carbocycles. The molecule has 0 bridgehead atoms. The van der Waals surface area contributed by atoms with E-state index in [9.17, 15) is 19.8 Å². The van der Waals surface area contributed by atoms with Crippen LogP contribution < -0.4 is 16.0 Å². The second-order valence-corrected chi connectivity index (χ2v) is 19.5. The highest BCUT2D eigenvalue weighted by atomic mass is 16.5. The SMILES string of the molecule is C=C(CCC(O)CN1CC1C)NCCCCCC/N=C(/OC(=C)N(C)CCCCCCNC(=O)CCC(C)CN1CC1C)N(C=O)CCCCCCNC(=C)CCC(O)CN1CC1C. The Morgan fingerprint density at radius 3 is 1.64 bits per heavy atom. The van der Waals surface area contributed by atoms with Crippen LogP contribution in [0.1, 0.15) is 143 Å². The summed E-state index contributed by atoms with van der Waals surface area (Å²) in [6.07, 6.45) is 16.6. The number of aliphatic hydroxyl groups is 2. The Morgan fingerprint density at radius 1 is 0.688 bits per heavy atom. The normalized spacial score (nSPS) is 22.5. The van der Waals surface area contributed by atoms with Gasteiger partial charge in [0.2, 0.25) is 12.3 Å². The van der Waals surface area contributed by atoms with E-state index >= 15 is 0 Å². The Kier molecular flexibility index (Phi) is 27.3. The van der Waals surface area contributed by atoms with Crippen molar-refractivity contribution in [2.24, 2.45) is 10.9 Å². The van der Waals surface area contributed by atoms with Gasteiger partial charge in [0.25, 0.3) is 0 Å². The maximum atomic E-state index is 12.4. The summed E-state index contributed by atoms with van der Waals surface area (Å²) in [5.41, 5.74) is 1.96. The van der Waals surface area contributed by atoms with E-state index in [1.165, 1.54) is 6.54 Å². The van der Waals surface area contributed by atoms with Crippen molar-refractivity contribution in [1.82, 2.24) is 40.4 Å². The zero-order valence-corrected chi connectivity index (χ0v) is 41.2. The van der Waals surface area contributed by atoms with E-state index in [0.29, 0.717) is 55.5 Å². The molecule has 9 unspecified atom stereocenters. The molecule has 3 aliphatic rings. The van der Waals surface area contributed by atoms with Crippen molar-refractivity contribution in [2.75, 3.05) is 85.6 Å². The number of hydrogen-bond donors (Lipinski definition) is 5. The van der Waals surface area contributed by atoms with Crippen molar-refractivity contribution in [1.29, 1.82) is 0 Å². The average molecular weight is 900 g/mol. The van der Waals surface area contributed by atoms with Gasteiger partial charge in [-0.2, -0.15) is 0 Å². The minimum absolute atomic E-state index is 0.159. The molecular formula is C50H93N9O5. The summed E-state index contributed by atoms with van der Waals surface area (Å²) < 4.78 is 6.23. The zero-order chi connectivity index (χ0) is 46.7. The molecule has 0 radical (unpaired) electrons. The summed E-state index contributed by atoms with van der Waals surface area (Å²) in [6.45, 7) is 31.6. The molecule has 3 fully saturated rings. The monoisotopic (exact) mass is 900 g/mol. The number of amides is 2. The van der Waals surface area contributed by atoms with E-state index in [1.54, 1.807) is 4.90 Å². The number of carbonyl (C=O) groups excluding carboxylic acids is 2. The zero-order valence-electron chi connectivity index (χ0n) is 41.2. The Labute approximate surface area is 389 Å². The van der Waals surface area contributed by atoms with E-state index in [4.69, 9.17) is 9.73 Å². The van der Waals surface area contributed by atoms with Crippen molar-refractivity contribution >= 4 is 18.3 Å². The highest BCUT2D eigenvalue weighted by molar-refractivity contribution is 5.85. The fourth-order valence-corrected chi connectivity index (χ4v) is 7.97. The summed E-state index contributed by atoms with van der Waals surface area (Å²) in [7, 11) is 1.96. The fraction of sp³-hybridized carbons (Fsp3) is 0.820. The second kappa shape index (κ2) is 31.7. The third-order valence-corrected chi connectivity index (χ3v) is 13.0. The van der Waals surface area contributed by atoms with E-state index in [0.717, 1.165) is 186 Å². The number of aliphatic hydroxyl groups excluding tert-OH is 2. The lowest BCUT2D eigenvalue weighted by Crippen LogP contribution is -2.35. The first kappa shape index (κ1) is 55.2. The molecule has 2 amide bonds. The van der Waals surface area contributed by atoms with Crippen LogP contribution in [0.5, 0.6) is 0 Å².